The molecule has 8 heteroatoms. The summed E-state index contributed by atoms with van der Waals surface area (Å²) < 4.78 is 1.84. The van der Waals surface area contributed by atoms with Crippen LogP contribution in [0.3, 0.4) is 0 Å². The van der Waals surface area contributed by atoms with E-state index in [2.05, 4.69) is 15.3 Å². The lowest BCUT2D eigenvalue weighted by atomic mass is 9.99. The van der Waals surface area contributed by atoms with Crippen molar-refractivity contribution in [2.24, 2.45) is 5.92 Å². The molecule has 36 heavy (non-hydrogen) atoms. The van der Waals surface area contributed by atoms with E-state index in [1.807, 2.05) is 75.0 Å². The third kappa shape index (κ3) is 5.33. The van der Waals surface area contributed by atoms with Crippen LogP contribution in [0, 0.1) is 19.8 Å². The number of aryl methyl sites for hydroxylation is 2. The Hall–Kier alpha value is -3.52. The molecule has 3 heterocycles. The highest BCUT2D eigenvalue weighted by Gasteiger charge is 2.39. The zero-order valence-corrected chi connectivity index (χ0v) is 21.4. The second kappa shape index (κ2) is 11.0. The molecule has 190 valence electrons. The normalized spacial score (nSPS) is 17.3. The van der Waals surface area contributed by atoms with Crippen molar-refractivity contribution in [3.8, 4) is 11.1 Å². The predicted octanol–water partition coefficient (Wildman–Crippen LogP) is 3.60. The average Bonchev–Trinajstić information content (AvgIpc) is 3.52. The molecule has 3 atom stereocenters. The number of aromatic nitrogens is 3. The molecular weight excluding hydrogens is 454 g/mol. The number of carbonyl (C=O) groups is 2. The molecule has 3 aromatic rings. The number of nitrogens with one attached hydrogen (secondary N) is 1. The largest absolute Gasteiger partial charge is 0.394 e. The Labute approximate surface area is 212 Å². The van der Waals surface area contributed by atoms with E-state index in [1.165, 1.54) is 0 Å². The third-order valence-electron chi connectivity index (χ3n) is 6.94. The van der Waals surface area contributed by atoms with Gasteiger partial charge in [-0.1, -0.05) is 38.1 Å². The topological polar surface area (TPSA) is 100 Å². The van der Waals surface area contributed by atoms with Gasteiger partial charge in [0, 0.05) is 30.7 Å². The minimum absolute atomic E-state index is 0.0440. The van der Waals surface area contributed by atoms with Crippen LogP contribution in [0.15, 0.2) is 55.2 Å². The first kappa shape index (κ1) is 25.6. The molecule has 2 aromatic heterocycles. The molecule has 0 saturated carbocycles. The standard InChI is InChI=1S/C28H35N5O3/c1-18(2)26(32-15-20(4)30-17-32)28(36)33-13-5-6-25(33)27(35)31-24(16-34)22-9-7-21(8-10-22)23-14-29-12-11-19(23)3/h7-12,14-15,17-18,24-26,34H,5-6,13,16H2,1-4H3,(H,31,35)/t24-,25-,26-/m0/s1. The van der Waals surface area contributed by atoms with Crippen molar-refractivity contribution < 1.29 is 14.7 Å². The number of likely N-dealkylation sites (tertiary alicyclic amines) is 1. The molecule has 1 aliphatic heterocycles. The molecule has 4 rings (SSSR count). The van der Waals surface area contributed by atoms with Gasteiger partial charge in [-0.3, -0.25) is 14.6 Å². The van der Waals surface area contributed by atoms with Crippen LogP contribution in [-0.4, -0.2) is 55.5 Å². The van der Waals surface area contributed by atoms with Gasteiger partial charge in [0.25, 0.3) is 0 Å². The first-order chi connectivity index (χ1) is 17.3. The SMILES string of the molecule is Cc1cn([C@H](C(=O)N2CCC[C@H]2C(=O)N[C@@H](CO)c2ccc(-c3cnccc3C)cc2)C(C)C)cn1. The predicted molar refractivity (Wildman–Crippen MR) is 138 cm³/mol. The molecule has 0 bridgehead atoms. The van der Waals surface area contributed by atoms with Crippen LogP contribution in [0.2, 0.25) is 0 Å². The van der Waals surface area contributed by atoms with Gasteiger partial charge in [-0.15, -0.1) is 0 Å². The van der Waals surface area contributed by atoms with Gasteiger partial charge in [0.2, 0.25) is 11.8 Å². The zero-order chi connectivity index (χ0) is 25.8. The molecule has 8 nitrogen and oxygen atoms in total. The first-order valence-corrected chi connectivity index (χ1v) is 12.5. The van der Waals surface area contributed by atoms with E-state index in [1.54, 1.807) is 17.4 Å². The summed E-state index contributed by atoms with van der Waals surface area (Å²) in [7, 11) is 0. The van der Waals surface area contributed by atoms with Gasteiger partial charge in [-0.25, -0.2) is 4.98 Å². The van der Waals surface area contributed by atoms with Crippen molar-refractivity contribution in [2.75, 3.05) is 13.2 Å². The van der Waals surface area contributed by atoms with E-state index in [0.29, 0.717) is 13.0 Å². The van der Waals surface area contributed by atoms with Crippen LogP contribution in [0.4, 0.5) is 0 Å². The maximum absolute atomic E-state index is 13.6. The lowest BCUT2D eigenvalue weighted by Crippen LogP contribution is -2.49. The maximum atomic E-state index is 13.6. The number of carbonyl (C=O) groups excluding carboxylic acids is 2. The van der Waals surface area contributed by atoms with Gasteiger partial charge in [-0.2, -0.15) is 0 Å². The number of hydrogen-bond donors (Lipinski definition) is 2. The van der Waals surface area contributed by atoms with Crippen molar-refractivity contribution in [1.29, 1.82) is 0 Å². The highest BCUT2D eigenvalue weighted by atomic mass is 16.3. The van der Waals surface area contributed by atoms with Crippen LogP contribution in [0.25, 0.3) is 11.1 Å². The van der Waals surface area contributed by atoms with Gasteiger partial charge >= 0.3 is 0 Å². The Balaban J connectivity index is 1.48. The smallest absolute Gasteiger partial charge is 0.246 e. The summed E-state index contributed by atoms with van der Waals surface area (Å²) in [5.74, 6) is -0.268. The molecule has 1 aromatic carbocycles. The summed E-state index contributed by atoms with van der Waals surface area (Å²) in [6.07, 6.45) is 8.51. The van der Waals surface area contributed by atoms with Gasteiger partial charge in [0.15, 0.2) is 0 Å². The lowest BCUT2D eigenvalue weighted by Gasteiger charge is -2.31. The Morgan fingerprint density at radius 2 is 1.92 bits per heavy atom. The first-order valence-electron chi connectivity index (χ1n) is 12.5. The van der Waals surface area contributed by atoms with E-state index >= 15 is 0 Å². The maximum Gasteiger partial charge on any atom is 0.246 e. The molecule has 2 N–H and O–H groups in total. The molecule has 0 radical (unpaired) electrons. The van der Waals surface area contributed by atoms with E-state index in [9.17, 15) is 14.7 Å². The lowest BCUT2D eigenvalue weighted by molar-refractivity contribution is -0.142. The van der Waals surface area contributed by atoms with Crippen LogP contribution in [0.1, 0.15) is 55.6 Å². The number of imidazole rings is 1. The van der Waals surface area contributed by atoms with Crippen molar-refractivity contribution >= 4 is 11.8 Å². The van der Waals surface area contributed by atoms with Crippen molar-refractivity contribution in [1.82, 2.24) is 24.8 Å². The summed E-state index contributed by atoms with van der Waals surface area (Å²) >= 11 is 0. The fourth-order valence-electron chi connectivity index (χ4n) is 4.99. The second-order valence-electron chi connectivity index (χ2n) is 9.90. The van der Waals surface area contributed by atoms with Crippen molar-refractivity contribution in [2.45, 2.75) is 58.7 Å². The number of nitrogens with zero attached hydrogens (tertiary/aromatic N) is 4. The zero-order valence-electron chi connectivity index (χ0n) is 21.4. The third-order valence-corrected chi connectivity index (χ3v) is 6.94. The molecule has 1 saturated heterocycles. The van der Waals surface area contributed by atoms with Gasteiger partial charge in [0.1, 0.15) is 12.1 Å². The van der Waals surface area contributed by atoms with Crippen LogP contribution in [-0.2, 0) is 9.59 Å². The minimum Gasteiger partial charge on any atom is -0.394 e. The number of hydrogen-bond acceptors (Lipinski definition) is 5. The van der Waals surface area contributed by atoms with Crippen molar-refractivity contribution in [3.63, 3.8) is 0 Å². The summed E-state index contributed by atoms with van der Waals surface area (Å²) in [6, 6.07) is 8.20. The second-order valence-corrected chi connectivity index (χ2v) is 9.90. The number of aliphatic hydroxyl groups excluding tert-OH is 1. The fourth-order valence-corrected chi connectivity index (χ4v) is 4.99. The summed E-state index contributed by atoms with van der Waals surface area (Å²) in [4.78, 5) is 37.1. The molecular formula is C28H35N5O3. The van der Waals surface area contributed by atoms with E-state index in [-0.39, 0.29) is 24.3 Å². The molecule has 0 spiro atoms. The molecule has 2 amide bonds. The summed E-state index contributed by atoms with van der Waals surface area (Å²) in [5, 5.41) is 13.1. The number of rotatable bonds is 8. The number of pyridine rings is 1. The minimum atomic E-state index is -0.560. The monoisotopic (exact) mass is 489 g/mol. The van der Waals surface area contributed by atoms with Crippen LogP contribution in [0.5, 0.6) is 0 Å². The quantitative estimate of drug-likeness (QED) is 0.504. The van der Waals surface area contributed by atoms with E-state index in [0.717, 1.165) is 34.4 Å². The average molecular weight is 490 g/mol. The number of benzene rings is 1. The fraction of sp³-hybridized carbons (Fsp3) is 0.429. The molecule has 0 aliphatic carbocycles. The van der Waals surface area contributed by atoms with Crippen LogP contribution >= 0.6 is 0 Å². The Morgan fingerprint density at radius 3 is 2.53 bits per heavy atom. The van der Waals surface area contributed by atoms with E-state index < -0.39 is 18.1 Å². The summed E-state index contributed by atoms with van der Waals surface area (Å²) in [6.45, 7) is 8.23. The van der Waals surface area contributed by atoms with Gasteiger partial charge < -0.3 is 19.9 Å². The van der Waals surface area contributed by atoms with Crippen LogP contribution < -0.4 is 5.32 Å². The Morgan fingerprint density at radius 1 is 1.17 bits per heavy atom. The van der Waals surface area contributed by atoms with Gasteiger partial charge in [-0.05, 0) is 55.4 Å². The highest BCUT2D eigenvalue weighted by Crippen LogP contribution is 2.28. The number of aliphatic hydroxyl groups is 1. The van der Waals surface area contributed by atoms with E-state index in [4.69, 9.17) is 0 Å². The Kier molecular flexibility index (Phi) is 7.84. The summed E-state index contributed by atoms with van der Waals surface area (Å²) in [5.41, 5.74) is 4.85. The highest BCUT2D eigenvalue weighted by molar-refractivity contribution is 5.90. The molecule has 1 fully saturated rings. The Bertz CT molecular complexity index is 1200. The van der Waals surface area contributed by atoms with Gasteiger partial charge in [0.05, 0.1) is 24.7 Å². The number of amides is 2. The van der Waals surface area contributed by atoms with Crippen molar-refractivity contribution in [3.05, 3.63) is 72.1 Å². The molecule has 1 aliphatic rings. The molecule has 0 unspecified atom stereocenters.